The minimum atomic E-state index is -0.907. The number of hydrogen-bond acceptors (Lipinski definition) is 6. The minimum Gasteiger partial charge on any atom is -0.501 e. The third kappa shape index (κ3) is 4.38. The van der Waals surface area contributed by atoms with Crippen LogP contribution >= 0.6 is 0 Å². The van der Waals surface area contributed by atoms with Gasteiger partial charge in [-0.25, -0.2) is 4.98 Å². The standard InChI is InChI=1S/C24H21FN4O4/c1-29-22(28-20(21(30)24(29)32)23(31)27-17-13-26-33-14-17)18(12-25)19(15-8-4-2-5-9-15)16-10-6-3-7-11-16/h2-11,13-14,18-19,30H,12H2,1H3,(H,27,31)/t18-/m1/s1. The van der Waals surface area contributed by atoms with E-state index < -0.39 is 41.4 Å². The van der Waals surface area contributed by atoms with Gasteiger partial charge in [0, 0.05) is 13.0 Å². The van der Waals surface area contributed by atoms with Crippen LogP contribution in [0.3, 0.4) is 0 Å². The topological polar surface area (TPSA) is 110 Å². The van der Waals surface area contributed by atoms with Crippen LogP contribution in [-0.4, -0.2) is 32.4 Å². The van der Waals surface area contributed by atoms with E-state index >= 15 is 0 Å². The summed E-state index contributed by atoms with van der Waals surface area (Å²) < 4.78 is 20.4. The molecule has 2 aromatic heterocycles. The highest BCUT2D eigenvalue weighted by Crippen LogP contribution is 2.38. The largest absolute Gasteiger partial charge is 0.501 e. The van der Waals surface area contributed by atoms with Crippen molar-refractivity contribution in [2.24, 2.45) is 7.05 Å². The molecule has 0 aliphatic heterocycles. The van der Waals surface area contributed by atoms with Gasteiger partial charge in [-0.05, 0) is 11.1 Å². The Kier molecular flexibility index (Phi) is 6.30. The molecule has 33 heavy (non-hydrogen) atoms. The normalized spacial score (nSPS) is 12.0. The Hall–Kier alpha value is -4.27. The van der Waals surface area contributed by atoms with E-state index in [1.807, 2.05) is 60.7 Å². The molecule has 0 saturated heterocycles. The van der Waals surface area contributed by atoms with E-state index in [-0.39, 0.29) is 11.5 Å². The molecule has 1 amide bonds. The van der Waals surface area contributed by atoms with Crippen molar-refractivity contribution < 1.29 is 18.8 Å². The maximum atomic E-state index is 14.7. The van der Waals surface area contributed by atoms with Crippen LogP contribution in [0.15, 0.2) is 82.4 Å². The molecule has 2 aromatic carbocycles. The van der Waals surface area contributed by atoms with Crippen molar-refractivity contribution in [2.45, 2.75) is 11.8 Å². The van der Waals surface area contributed by atoms with Gasteiger partial charge in [-0.2, -0.15) is 0 Å². The van der Waals surface area contributed by atoms with E-state index in [1.165, 1.54) is 19.5 Å². The lowest BCUT2D eigenvalue weighted by Crippen LogP contribution is -2.31. The Labute approximate surface area is 188 Å². The Morgan fingerprint density at radius 1 is 1.12 bits per heavy atom. The van der Waals surface area contributed by atoms with Crippen LogP contribution in [-0.2, 0) is 7.05 Å². The number of carbonyl (C=O) groups is 1. The van der Waals surface area contributed by atoms with Crippen LogP contribution in [0, 0.1) is 0 Å². The predicted octanol–water partition coefficient (Wildman–Crippen LogP) is 3.61. The summed E-state index contributed by atoms with van der Waals surface area (Å²) in [6.07, 6.45) is 2.43. The third-order valence-corrected chi connectivity index (χ3v) is 5.42. The molecule has 4 rings (SSSR count). The number of benzene rings is 2. The molecule has 0 aliphatic rings. The lowest BCUT2D eigenvalue weighted by atomic mass is 9.80. The average molecular weight is 448 g/mol. The molecule has 2 N–H and O–H groups in total. The van der Waals surface area contributed by atoms with E-state index in [0.717, 1.165) is 15.7 Å². The number of rotatable bonds is 7. The number of aromatic hydroxyl groups is 1. The summed E-state index contributed by atoms with van der Waals surface area (Å²) in [5.74, 6) is -3.04. The zero-order valence-electron chi connectivity index (χ0n) is 17.7. The second-order valence-electron chi connectivity index (χ2n) is 7.46. The number of halogens is 1. The first-order chi connectivity index (χ1) is 16.0. The smallest absolute Gasteiger partial charge is 0.296 e. The fourth-order valence-electron chi connectivity index (χ4n) is 3.84. The lowest BCUT2D eigenvalue weighted by molar-refractivity contribution is 0.101. The molecule has 0 bridgehead atoms. The van der Waals surface area contributed by atoms with E-state index in [0.29, 0.717) is 0 Å². The van der Waals surface area contributed by atoms with E-state index in [4.69, 9.17) is 0 Å². The summed E-state index contributed by atoms with van der Waals surface area (Å²) in [6, 6.07) is 18.6. The quantitative estimate of drug-likeness (QED) is 0.447. The molecule has 1 atom stereocenters. The molecule has 0 radical (unpaired) electrons. The van der Waals surface area contributed by atoms with Crippen LogP contribution in [0.5, 0.6) is 5.75 Å². The SMILES string of the molecule is Cn1c([C@H](CF)C(c2ccccc2)c2ccccc2)nc(C(=O)Nc2cnoc2)c(O)c1=O. The van der Waals surface area contributed by atoms with Gasteiger partial charge in [0.25, 0.3) is 11.5 Å². The van der Waals surface area contributed by atoms with Gasteiger partial charge in [0.1, 0.15) is 24.4 Å². The molecule has 0 saturated carbocycles. The second kappa shape index (κ2) is 9.47. The maximum Gasteiger partial charge on any atom is 0.296 e. The van der Waals surface area contributed by atoms with Gasteiger partial charge in [-0.1, -0.05) is 65.8 Å². The van der Waals surface area contributed by atoms with Crippen LogP contribution in [0.2, 0.25) is 0 Å². The number of hydrogen-bond donors (Lipinski definition) is 2. The Morgan fingerprint density at radius 3 is 2.24 bits per heavy atom. The number of anilines is 1. The van der Waals surface area contributed by atoms with Crippen LogP contribution in [0.4, 0.5) is 10.1 Å². The Balaban J connectivity index is 1.85. The van der Waals surface area contributed by atoms with E-state index in [1.54, 1.807) is 0 Å². The predicted molar refractivity (Wildman–Crippen MR) is 119 cm³/mol. The average Bonchev–Trinajstić information content (AvgIpc) is 3.35. The molecule has 0 fully saturated rings. The van der Waals surface area contributed by atoms with Crippen molar-refractivity contribution in [3.8, 4) is 5.75 Å². The van der Waals surface area contributed by atoms with Crippen LogP contribution < -0.4 is 10.9 Å². The molecular formula is C24H21FN4O4. The van der Waals surface area contributed by atoms with Crippen molar-refractivity contribution in [1.29, 1.82) is 0 Å². The zero-order chi connectivity index (χ0) is 23.4. The molecule has 9 heteroatoms. The number of nitrogens with zero attached hydrogens (tertiary/aromatic N) is 3. The molecule has 0 unspecified atom stereocenters. The van der Waals surface area contributed by atoms with Gasteiger partial charge in [-0.3, -0.25) is 18.5 Å². The molecule has 0 spiro atoms. The highest BCUT2D eigenvalue weighted by Gasteiger charge is 2.32. The van der Waals surface area contributed by atoms with Gasteiger partial charge in [0.05, 0.1) is 12.1 Å². The van der Waals surface area contributed by atoms with E-state index in [9.17, 15) is 19.1 Å². The second-order valence-corrected chi connectivity index (χ2v) is 7.46. The van der Waals surface area contributed by atoms with Gasteiger partial charge < -0.3 is 14.9 Å². The van der Waals surface area contributed by atoms with Crippen LogP contribution in [0.25, 0.3) is 0 Å². The minimum absolute atomic E-state index is 0.0356. The summed E-state index contributed by atoms with van der Waals surface area (Å²) in [5.41, 5.74) is 0.506. The van der Waals surface area contributed by atoms with Crippen molar-refractivity contribution >= 4 is 11.6 Å². The number of alkyl halides is 1. The fourth-order valence-corrected chi connectivity index (χ4v) is 3.84. The maximum absolute atomic E-state index is 14.7. The summed E-state index contributed by atoms with van der Waals surface area (Å²) >= 11 is 0. The monoisotopic (exact) mass is 448 g/mol. The van der Waals surface area contributed by atoms with Crippen molar-refractivity contribution in [3.05, 3.63) is 106 Å². The number of carbonyl (C=O) groups excluding carboxylic acids is 1. The van der Waals surface area contributed by atoms with Crippen molar-refractivity contribution in [2.75, 3.05) is 12.0 Å². The summed E-state index contributed by atoms with van der Waals surface area (Å²) in [5, 5.41) is 16.3. The molecule has 168 valence electrons. The molecule has 4 aromatic rings. The third-order valence-electron chi connectivity index (χ3n) is 5.42. The summed E-state index contributed by atoms with van der Waals surface area (Å²) in [7, 11) is 1.39. The van der Waals surface area contributed by atoms with Gasteiger partial charge in [-0.15, -0.1) is 0 Å². The number of nitrogens with one attached hydrogen (secondary N) is 1. The van der Waals surface area contributed by atoms with Gasteiger partial charge in [0.2, 0.25) is 5.75 Å². The zero-order valence-corrected chi connectivity index (χ0v) is 17.7. The molecule has 8 nitrogen and oxygen atoms in total. The highest BCUT2D eigenvalue weighted by atomic mass is 19.1. The Morgan fingerprint density at radius 2 is 1.73 bits per heavy atom. The van der Waals surface area contributed by atoms with Crippen molar-refractivity contribution in [3.63, 3.8) is 0 Å². The highest BCUT2D eigenvalue weighted by molar-refractivity contribution is 6.04. The van der Waals surface area contributed by atoms with Gasteiger partial charge in [0.15, 0.2) is 5.69 Å². The number of amides is 1. The lowest BCUT2D eigenvalue weighted by Gasteiger charge is -2.27. The van der Waals surface area contributed by atoms with Gasteiger partial charge >= 0.3 is 0 Å². The summed E-state index contributed by atoms with van der Waals surface area (Å²) in [6.45, 7) is -0.855. The first-order valence-electron chi connectivity index (χ1n) is 10.2. The first kappa shape index (κ1) is 21.9. The molecular weight excluding hydrogens is 427 g/mol. The van der Waals surface area contributed by atoms with E-state index in [2.05, 4.69) is 20.0 Å². The molecule has 0 aliphatic carbocycles. The first-order valence-corrected chi connectivity index (χ1v) is 10.2. The van der Waals surface area contributed by atoms with Crippen molar-refractivity contribution in [1.82, 2.24) is 14.7 Å². The van der Waals surface area contributed by atoms with Crippen LogP contribution in [0.1, 0.15) is 39.3 Å². The molecule has 2 heterocycles. The number of aromatic nitrogens is 3. The fraction of sp³-hybridized carbons (Fsp3) is 0.167. The Bertz CT molecular complexity index is 1250. The summed E-state index contributed by atoms with van der Waals surface area (Å²) in [4.78, 5) is 29.8.